The van der Waals surface area contributed by atoms with Gasteiger partial charge in [0.1, 0.15) is 5.82 Å². The maximum Gasteiger partial charge on any atom is 0.131 e. The van der Waals surface area contributed by atoms with Gasteiger partial charge in [-0.25, -0.2) is 9.97 Å². The molecule has 1 saturated carbocycles. The predicted molar refractivity (Wildman–Crippen MR) is 98.7 cm³/mol. The van der Waals surface area contributed by atoms with E-state index in [4.69, 9.17) is 9.97 Å². The van der Waals surface area contributed by atoms with Crippen LogP contribution < -0.4 is 0 Å². The van der Waals surface area contributed by atoms with Gasteiger partial charge in [-0.15, -0.1) is 0 Å². The fourth-order valence-corrected chi connectivity index (χ4v) is 3.85. The molecular formula is C21H36N2. The Bertz CT molecular complexity index is 404. The average molecular weight is 317 g/mol. The standard InChI is InChI=1S/C21H36N2/c1-3-5-7-9-11-19-16-22-21(23-17-19)20-14-12-18(13-15-20)10-8-6-4-2/h16-18,20H,3-15H2,1-2H3. The van der Waals surface area contributed by atoms with Crippen LogP contribution in [-0.4, -0.2) is 9.97 Å². The third-order valence-corrected chi connectivity index (χ3v) is 5.47. The number of rotatable bonds is 10. The molecule has 0 spiro atoms. The Kier molecular flexibility index (Phi) is 8.63. The molecule has 23 heavy (non-hydrogen) atoms. The summed E-state index contributed by atoms with van der Waals surface area (Å²) in [6.45, 7) is 4.55. The van der Waals surface area contributed by atoms with Gasteiger partial charge in [0.25, 0.3) is 0 Å². The van der Waals surface area contributed by atoms with Gasteiger partial charge in [-0.3, -0.25) is 0 Å². The van der Waals surface area contributed by atoms with E-state index in [0.717, 1.165) is 18.2 Å². The molecule has 1 aliphatic carbocycles. The zero-order valence-electron chi connectivity index (χ0n) is 15.4. The second-order valence-electron chi connectivity index (χ2n) is 7.47. The predicted octanol–water partition coefficient (Wildman–Crippen LogP) is 6.45. The van der Waals surface area contributed by atoms with Crippen molar-refractivity contribution in [3.05, 3.63) is 23.8 Å². The fraction of sp³-hybridized carbons (Fsp3) is 0.810. The van der Waals surface area contributed by atoms with Crippen LogP contribution in [0.4, 0.5) is 0 Å². The van der Waals surface area contributed by atoms with E-state index in [-0.39, 0.29) is 0 Å². The Morgan fingerprint density at radius 1 is 0.826 bits per heavy atom. The van der Waals surface area contributed by atoms with Crippen molar-refractivity contribution < 1.29 is 0 Å². The molecule has 1 fully saturated rings. The molecule has 2 rings (SSSR count). The number of hydrogen-bond donors (Lipinski definition) is 0. The van der Waals surface area contributed by atoms with Gasteiger partial charge in [-0.05, 0) is 50.0 Å². The highest BCUT2D eigenvalue weighted by atomic mass is 14.9. The lowest BCUT2D eigenvalue weighted by Gasteiger charge is -2.27. The molecule has 2 heteroatoms. The highest BCUT2D eigenvalue weighted by molar-refractivity contribution is 5.08. The normalized spacial score (nSPS) is 21.5. The summed E-state index contributed by atoms with van der Waals surface area (Å²) in [5.74, 6) is 2.69. The molecule has 1 aliphatic rings. The van der Waals surface area contributed by atoms with Crippen molar-refractivity contribution in [2.24, 2.45) is 5.92 Å². The Morgan fingerprint density at radius 3 is 2.13 bits per heavy atom. The minimum Gasteiger partial charge on any atom is -0.241 e. The molecule has 2 nitrogen and oxygen atoms in total. The van der Waals surface area contributed by atoms with Crippen molar-refractivity contribution >= 4 is 0 Å². The largest absolute Gasteiger partial charge is 0.241 e. The number of aromatic nitrogens is 2. The first-order valence-corrected chi connectivity index (χ1v) is 10.1. The summed E-state index contributed by atoms with van der Waals surface area (Å²) in [5.41, 5.74) is 1.32. The first-order valence-electron chi connectivity index (χ1n) is 10.1. The Labute approximate surface area is 143 Å². The number of unbranched alkanes of at least 4 members (excludes halogenated alkanes) is 5. The lowest BCUT2D eigenvalue weighted by atomic mass is 9.79. The monoisotopic (exact) mass is 316 g/mol. The number of nitrogens with zero attached hydrogens (tertiary/aromatic N) is 2. The Balaban J connectivity index is 1.71. The van der Waals surface area contributed by atoms with Gasteiger partial charge in [0.2, 0.25) is 0 Å². The molecule has 1 heterocycles. The first kappa shape index (κ1) is 18.4. The van der Waals surface area contributed by atoms with Crippen LogP contribution in [0.5, 0.6) is 0 Å². The van der Waals surface area contributed by atoms with Crippen LogP contribution in [0.3, 0.4) is 0 Å². The van der Waals surface area contributed by atoms with Crippen LogP contribution >= 0.6 is 0 Å². The molecule has 0 unspecified atom stereocenters. The summed E-state index contributed by atoms with van der Waals surface area (Å²) in [7, 11) is 0. The van der Waals surface area contributed by atoms with Gasteiger partial charge in [0.15, 0.2) is 0 Å². The third kappa shape index (κ3) is 6.61. The molecule has 0 N–H and O–H groups in total. The van der Waals surface area contributed by atoms with Crippen LogP contribution in [0.1, 0.15) is 108 Å². The van der Waals surface area contributed by atoms with Gasteiger partial charge in [0, 0.05) is 18.3 Å². The van der Waals surface area contributed by atoms with E-state index in [1.165, 1.54) is 82.6 Å². The second-order valence-corrected chi connectivity index (χ2v) is 7.47. The van der Waals surface area contributed by atoms with Crippen molar-refractivity contribution in [1.29, 1.82) is 0 Å². The van der Waals surface area contributed by atoms with E-state index >= 15 is 0 Å². The Morgan fingerprint density at radius 2 is 1.48 bits per heavy atom. The summed E-state index contributed by atoms with van der Waals surface area (Å²) in [6, 6.07) is 0. The third-order valence-electron chi connectivity index (χ3n) is 5.47. The van der Waals surface area contributed by atoms with E-state index in [2.05, 4.69) is 26.2 Å². The molecule has 130 valence electrons. The smallest absolute Gasteiger partial charge is 0.131 e. The average Bonchev–Trinajstić information content (AvgIpc) is 2.60. The van der Waals surface area contributed by atoms with Crippen LogP contribution in [0.15, 0.2) is 12.4 Å². The molecule has 0 saturated heterocycles. The lowest BCUT2D eigenvalue weighted by molar-refractivity contribution is 0.297. The summed E-state index contributed by atoms with van der Waals surface area (Å²) in [6.07, 6.45) is 21.6. The topological polar surface area (TPSA) is 25.8 Å². The van der Waals surface area contributed by atoms with E-state index < -0.39 is 0 Å². The lowest BCUT2D eigenvalue weighted by Crippen LogP contribution is -2.15. The molecule has 1 aromatic heterocycles. The van der Waals surface area contributed by atoms with E-state index in [9.17, 15) is 0 Å². The molecule has 0 aromatic carbocycles. The summed E-state index contributed by atoms with van der Waals surface area (Å²) in [5, 5.41) is 0. The molecule has 0 atom stereocenters. The zero-order valence-corrected chi connectivity index (χ0v) is 15.4. The molecule has 0 amide bonds. The summed E-state index contributed by atoms with van der Waals surface area (Å²) >= 11 is 0. The van der Waals surface area contributed by atoms with Gasteiger partial charge in [-0.1, -0.05) is 58.8 Å². The Hall–Kier alpha value is -0.920. The molecular weight excluding hydrogens is 280 g/mol. The van der Waals surface area contributed by atoms with Gasteiger partial charge < -0.3 is 0 Å². The quantitative estimate of drug-likeness (QED) is 0.463. The van der Waals surface area contributed by atoms with E-state index in [0.29, 0.717) is 5.92 Å². The van der Waals surface area contributed by atoms with Crippen molar-refractivity contribution in [3.63, 3.8) is 0 Å². The fourth-order valence-electron chi connectivity index (χ4n) is 3.85. The van der Waals surface area contributed by atoms with E-state index in [1.807, 2.05) is 0 Å². The summed E-state index contributed by atoms with van der Waals surface area (Å²) < 4.78 is 0. The number of aryl methyl sites for hydroxylation is 1. The van der Waals surface area contributed by atoms with Crippen LogP contribution in [-0.2, 0) is 6.42 Å². The molecule has 0 radical (unpaired) electrons. The zero-order chi connectivity index (χ0) is 16.3. The highest BCUT2D eigenvalue weighted by Gasteiger charge is 2.23. The van der Waals surface area contributed by atoms with Crippen molar-refractivity contribution in [2.45, 2.75) is 103 Å². The van der Waals surface area contributed by atoms with Crippen molar-refractivity contribution in [3.8, 4) is 0 Å². The minimum atomic E-state index is 0.617. The minimum absolute atomic E-state index is 0.617. The molecule has 1 aromatic rings. The highest BCUT2D eigenvalue weighted by Crippen LogP contribution is 2.36. The van der Waals surface area contributed by atoms with Crippen LogP contribution in [0, 0.1) is 5.92 Å². The second kappa shape index (κ2) is 10.8. The van der Waals surface area contributed by atoms with Crippen molar-refractivity contribution in [2.75, 3.05) is 0 Å². The van der Waals surface area contributed by atoms with E-state index in [1.54, 1.807) is 0 Å². The SMILES string of the molecule is CCCCCCc1cnc(C2CCC(CCCCC)CC2)nc1. The van der Waals surface area contributed by atoms with Gasteiger partial charge in [0.05, 0.1) is 0 Å². The maximum atomic E-state index is 4.69. The summed E-state index contributed by atoms with van der Waals surface area (Å²) in [4.78, 5) is 9.38. The van der Waals surface area contributed by atoms with Gasteiger partial charge in [-0.2, -0.15) is 0 Å². The van der Waals surface area contributed by atoms with Crippen LogP contribution in [0.25, 0.3) is 0 Å². The first-order chi connectivity index (χ1) is 11.3. The van der Waals surface area contributed by atoms with Gasteiger partial charge >= 0.3 is 0 Å². The maximum absolute atomic E-state index is 4.69. The van der Waals surface area contributed by atoms with Crippen LogP contribution in [0.2, 0.25) is 0 Å². The number of hydrogen-bond acceptors (Lipinski definition) is 2. The molecule has 0 aliphatic heterocycles. The van der Waals surface area contributed by atoms with Crippen molar-refractivity contribution in [1.82, 2.24) is 9.97 Å². The molecule has 0 bridgehead atoms.